The highest BCUT2D eigenvalue weighted by atomic mass is 16.1. The minimum absolute atomic E-state index is 0. The molecule has 0 radical (unpaired) electrons. The summed E-state index contributed by atoms with van der Waals surface area (Å²) in [7, 11) is 0. The van der Waals surface area contributed by atoms with Crippen molar-refractivity contribution >= 4 is 11.6 Å². The van der Waals surface area contributed by atoms with Crippen molar-refractivity contribution in [2.24, 2.45) is 5.92 Å². The van der Waals surface area contributed by atoms with Gasteiger partial charge in [0.05, 0.1) is 0 Å². The molecular weight excluding hydrogens is 162 g/mol. The van der Waals surface area contributed by atoms with E-state index in [9.17, 15) is 4.79 Å². The Bertz CT molecular complexity index is 272. The Balaban J connectivity index is 0.00000169. The first-order valence-electron chi connectivity index (χ1n) is 4.53. The number of hydrogen-bond donors (Lipinski definition) is 1. The first kappa shape index (κ1) is 9.78. The number of amides is 1. The minimum atomic E-state index is 0. The lowest BCUT2D eigenvalue weighted by molar-refractivity contribution is -0.116. The van der Waals surface area contributed by atoms with Crippen molar-refractivity contribution in [2.45, 2.75) is 20.3 Å². The number of carbonyl (C=O) groups is 1. The van der Waals surface area contributed by atoms with Crippen LogP contribution in [0.1, 0.15) is 21.7 Å². The van der Waals surface area contributed by atoms with Gasteiger partial charge in [0.15, 0.2) is 0 Å². The molecule has 13 heavy (non-hydrogen) atoms. The number of para-hydroxylation sites is 1. The molecule has 0 heterocycles. The Kier molecular flexibility index (Phi) is 3.50. The van der Waals surface area contributed by atoms with Gasteiger partial charge >= 0.3 is 0 Å². The first-order valence-corrected chi connectivity index (χ1v) is 4.53. The summed E-state index contributed by atoms with van der Waals surface area (Å²) in [4.78, 5) is 11.3. The first-order chi connectivity index (χ1) is 6.18. The Morgan fingerprint density at radius 2 is 2.00 bits per heavy atom. The van der Waals surface area contributed by atoms with E-state index in [-0.39, 0.29) is 7.33 Å². The molecular formula is C11H17NO. The van der Waals surface area contributed by atoms with Crippen molar-refractivity contribution < 1.29 is 6.22 Å². The van der Waals surface area contributed by atoms with Gasteiger partial charge in [0, 0.05) is 13.5 Å². The molecule has 1 amide bonds. The summed E-state index contributed by atoms with van der Waals surface area (Å²) in [6.45, 7) is 4.06. The van der Waals surface area contributed by atoms with Crippen LogP contribution in [0.5, 0.6) is 0 Å². The molecule has 0 aliphatic rings. The van der Waals surface area contributed by atoms with Gasteiger partial charge in [0.1, 0.15) is 0 Å². The van der Waals surface area contributed by atoms with E-state index < -0.39 is 0 Å². The van der Waals surface area contributed by atoms with Crippen molar-refractivity contribution in [1.82, 2.24) is 0 Å². The molecule has 1 N–H and O–H groups in total. The standard InChI is InChI=1S/C11H15NO.H2/c1-9(2)8-11(13)12-10-6-4-3-5-7-10;/h3-7,9H,8H2,1-2H3,(H,12,13);1H. The zero-order valence-electron chi connectivity index (χ0n) is 8.08. The maximum Gasteiger partial charge on any atom is 0.224 e. The zero-order valence-corrected chi connectivity index (χ0v) is 8.08. The fraction of sp³-hybridized carbons (Fsp3) is 0.364. The van der Waals surface area contributed by atoms with E-state index >= 15 is 0 Å². The summed E-state index contributed by atoms with van der Waals surface area (Å²) in [6, 6.07) is 9.52. The maximum absolute atomic E-state index is 11.3. The molecule has 0 spiro atoms. The van der Waals surface area contributed by atoms with Crippen LogP contribution in [-0.4, -0.2) is 5.91 Å². The maximum atomic E-state index is 11.3. The van der Waals surface area contributed by atoms with Crippen molar-refractivity contribution in [2.75, 3.05) is 5.32 Å². The average molecular weight is 179 g/mol. The van der Waals surface area contributed by atoms with Crippen LogP contribution in [0.15, 0.2) is 30.3 Å². The van der Waals surface area contributed by atoms with Gasteiger partial charge in [0.2, 0.25) is 5.91 Å². The molecule has 0 atom stereocenters. The fourth-order valence-corrected chi connectivity index (χ4v) is 1.10. The van der Waals surface area contributed by atoms with Crippen LogP contribution in [0.3, 0.4) is 0 Å². The number of rotatable bonds is 3. The third kappa shape index (κ3) is 3.74. The van der Waals surface area contributed by atoms with Crippen LogP contribution in [0.25, 0.3) is 0 Å². The average Bonchev–Trinajstić information content (AvgIpc) is 2.04. The Morgan fingerprint density at radius 3 is 2.54 bits per heavy atom. The van der Waals surface area contributed by atoms with Crippen molar-refractivity contribution in [3.05, 3.63) is 30.3 Å². The summed E-state index contributed by atoms with van der Waals surface area (Å²) >= 11 is 0. The van der Waals surface area contributed by atoms with Crippen molar-refractivity contribution in [1.29, 1.82) is 0 Å². The van der Waals surface area contributed by atoms with Crippen molar-refractivity contribution in [3.63, 3.8) is 0 Å². The molecule has 0 saturated carbocycles. The van der Waals surface area contributed by atoms with Gasteiger partial charge in [0.25, 0.3) is 0 Å². The molecule has 0 aromatic heterocycles. The molecule has 0 aliphatic heterocycles. The third-order valence-corrected chi connectivity index (χ3v) is 1.65. The summed E-state index contributed by atoms with van der Waals surface area (Å²) in [5.74, 6) is 0.491. The van der Waals surface area contributed by atoms with Gasteiger partial charge in [-0.2, -0.15) is 0 Å². The van der Waals surface area contributed by atoms with E-state index in [1.54, 1.807) is 0 Å². The van der Waals surface area contributed by atoms with E-state index in [0.717, 1.165) is 5.69 Å². The normalized spacial score (nSPS) is 10.1. The van der Waals surface area contributed by atoms with Gasteiger partial charge in [-0.15, -0.1) is 0 Å². The molecule has 1 aromatic rings. The monoisotopic (exact) mass is 179 g/mol. The number of hydrogen-bond acceptors (Lipinski definition) is 1. The second-order valence-electron chi connectivity index (χ2n) is 3.51. The van der Waals surface area contributed by atoms with Crippen LogP contribution >= 0.6 is 0 Å². The molecule has 0 unspecified atom stereocenters. The van der Waals surface area contributed by atoms with Crippen LogP contribution in [0.2, 0.25) is 0 Å². The lowest BCUT2D eigenvalue weighted by Gasteiger charge is -2.06. The molecule has 0 saturated heterocycles. The minimum Gasteiger partial charge on any atom is -0.326 e. The lowest BCUT2D eigenvalue weighted by Crippen LogP contribution is -2.13. The predicted octanol–water partition coefficient (Wildman–Crippen LogP) is 2.92. The summed E-state index contributed by atoms with van der Waals surface area (Å²) in [5.41, 5.74) is 0.869. The van der Waals surface area contributed by atoms with E-state index in [0.29, 0.717) is 12.3 Å². The van der Waals surface area contributed by atoms with Gasteiger partial charge in [-0.3, -0.25) is 4.79 Å². The molecule has 1 aromatic carbocycles. The van der Waals surface area contributed by atoms with Crippen LogP contribution < -0.4 is 5.32 Å². The molecule has 1 rings (SSSR count). The largest absolute Gasteiger partial charge is 0.326 e. The van der Waals surface area contributed by atoms with E-state index in [1.807, 2.05) is 44.2 Å². The fourth-order valence-electron chi connectivity index (χ4n) is 1.10. The number of nitrogens with one attached hydrogen (secondary N) is 1. The van der Waals surface area contributed by atoms with E-state index in [2.05, 4.69) is 5.32 Å². The highest BCUT2D eigenvalue weighted by molar-refractivity contribution is 5.90. The van der Waals surface area contributed by atoms with Gasteiger partial charge in [-0.25, -0.2) is 0 Å². The SMILES string of the molecule is CC(C)CC(=O)Nc1ccccc1.[HH]. The second-order valence-corrected chi connectivity index (χ2v) is 3.51. The third-order valence-electron chi connectivity index (χ3n) is 1.65. The van der Waals surface area contributed by atoms with Crippen LogP contribution in [0, 0.1) is 5.92 Å². The number of anilines is 1. The zero-order chi connectivity index (χ0) is 9.68. The topological polar surface area (TPSA) is 29.1 Å². The summed E-state index contributed by atoms with van der Waals surface area (Å²) in [6.07, 6.45) is 0.578. The molecule has 2 heteroatoms. The molecule has 2 nitrogen and oxygen atoms in total. The highest BCUT2D eigenvalue weighted by Gasteiger charge is 2.03. The quantitative estimate of drug-likeness (QED) is 0.759. The summed E-state index contributed by atoms with van der Waals surface area (Å²) < 4.78 is 0. The van der Waals surface area contributed by atoms with Crippen molar-refractivity contribution in [3.8, 4) is 0 Å². The van der Waals surface area contributed by atoms with Gasteiger partial charge in [-0.05, 0) is 18.1 Å². The molecule has 72 valence electrons. The van der Waals surface area contributed by atoms with Gasteiger partial charge in [-0.1, -0.05) is 32.0 Å². The van der Waals surface area contributed by atoms with Crippen LogP contribution in [-0.2, 0) is 4.79 Å². The second kappa shape index (κ2) is 4.65. The Morgan fingerprint density at radius 1 is 1.38 bits per heavy atom. The Hall–Kier alpha value is -1.31. The Labute approximate surface area is 80.5 Å². The molecule has 0 aliphatic carbocycles. The predicted molar refractivity (Wildman–Crippen MR) is 56.6 cm³/mol. The lowest BCUT2D eigenvalue weighted by atomic mass is 10.1. The number of carbonyl (C=O) groups excluding carboxylic acids is 1. The molecule has 0 bridgehead atoms. The number of benzene rings is 1. The van der Waals surface area contributed by atoms with E-state index in [4.69, 9.17) is 0 Å². The smallest absolute Gasteiger partial charge is 0.224 e. The van der Waals surface area contributed by atoms with Crippen LogP contribution in [0.4, 0.5) is 5.69 Å². The molecule has 0 fully saturated rings. The van der Waals surface area contributed by atoms with Gasteiger partial charge < -0.3 is 5.32 Å². The van der Waals surface area contributed by atoms with E-state index in [1.165, 1.54) is 0 Å². The highest BCUT2D eigenvalue weighted by Crippen LogP contribution is 2.07. The summed E-state index contributed by atoms with van der Waals surface area (Å²) in [5, 5.41) is 2.83.